The first-order valence-corrected chi connectivity index (χ1v) is 8.85. The highest BCUT2D eigenvalue weighted by molar-refractivity contribution is 5.81. The van der Waals surface area contributed by atoms with E-state index in [4.69, 9.17) is 9.40 Å². The van der Waals surface area contributed by atoms with Crippen molar-refractivity contribution in [1.29, 1.82) is 0 Å². The molecule has 1 aromatic carbocycles. The number of hydrogen-bond donors (Lipinski definition) is 1. The van der Waals surface area contributed by atoms with E-state index in [9.17, 15) is 0 Å². The van der Waals surface area contributed by atoms with E-state index in [0.29, 0.717) is 6.54 Å². The van der Waals surface area contributed by atoms with Crippen molar-refractivity contribution in [2.45, 2.75) is 26.3 Å². The minimum atomic E-state index is 0.633. The molecular weight excluding hydrogens is 322 g/mol. The maximum atomic E-state index is 5.58. The van der Waals surface area contributed by atoms with Gasteiger partial charge in [-0.3, -0.25) is 4.98 Å². The van der Waals surface area contributed by atoms with E-state index in [1.807, 2.05) is 43.5 Å². The summed E-state index contributed by atoms with van der Waals surface area (Å²) in [5.74, 6) is 2.69. The van der Waals surface area contributed by atoms with Gasteiger partial charge in [0.2, 0.25) is 0 Å². The highest BCUT2D eigenvalue weighted by Crippen LogP contribution is 2.19. The van der Waals surface area contributed by atoms with Crippen molar-refractivity contribution in [3.8, 4) is 0 Å². The summed E-state index contributed by atoms with van der Waals surface area (Å²) in [7, 11) is 0. The molecule has 3 heterocycles. The van der Waals surface area contributed by atoms with Crippen molar-refractivity contribution in [2.24, 2.45) is 0 Å². The lowest BCUT2D eigenvalue weighted by molar-refractivity contribution is 0.490. The van der Waals surface area contributed by atoms with Crippen LogP contribution in [0.1, 0.15) is 22.8 Å². The van der Waals surface area contributed by atoms with Crippen LogP contribution in [-0.4, -0.2) is 9.97 Å². The van der Waals surface area contributed by atoms with Gasteiger partial charge in [0.15, 0.2) is 0 Å². The number of benzene rings is 1. The van der Waals surface area contributed by atoms with E-state index >= 15 is 0 Å². The van der Waals surface area contributed by atoms with Crippen molar-refractivity contribution >= 4 is 16.7 Å². The molecule has 4 heteroatoms. The van der Waals surface area contributed by atoms with Crippen LogP contribution in [0, 0.1) is 6.92 Å². The number of aryl methyl sites for hydroxylation is 3. The summed E-state index contributed by atoms with van der Waals surface area (Å²) in [5.41, 5.74) is 3.42. The van der Waals surface area contributed by atoms with Crippen LogP contribution < -0.4 is 5.32 Å². The van der Waals surface area contributed by atoms with Gasteiger partial charge < -0.3 is 9.73 Å². The monoisotopic (exact) mass is 343 g/mol. The molecule has 0 aliphatic rings. The second kappa shape index (κ2) is 7.40. The van der Waals surface area contributed by atoms with Gasteiger partial charge in [0, 0.05) is 17.3 Å². The van der Waals surface area contributed by atoms with E-state index in [1.54, 1.807) is 0 Å². The molecule has 1 N–H and O–H groups in total. The molecule has 0 unspecified atom stereocenters. The minimum Gasteiger partial charge on any atom is -0.465 e. The van der Waals surface area contributed by atoms with Crippen molar-refractivity contribution in [3.05, 3.63) is 89.6 Å². The average molecular weight is 343 g/mol. The Morgan fingerprint density at radius 2 is 1.92 bits per heavy atom. The fourth-order valence-corrected chi connectivity index (χ4v) is 3.01. The van der Waals surface area contributed by atoms with Gasteiger partial charge >= 0.3 is 0 Å². The predicted octanol–water partition coefficient (Wildman–Crippen LogP) is 4.93. The third-order valence-corrected chi connectivity index (χ3v) is 4.39. The molecular formula is C22H21N3O. The van der Waals surface area contributed by atoms with Gasteiger partial charge in [-0.15, -0.1) is 0 Å². The molecule has 0 radical (unpaired) electrons. The zero-order valence-corrected chi connectivity index (χ0v) is 14.8. The molecule has 0 spiro atoms. The molecule has 26 heavy (non-hydrogen) atoms. The maximum absolute atomic E-state index is 5.58. The summed E-state index contributed by atoms with van der Waals surface area (Å²) >= 11 is 0. The van der Waals surface area contributed by atoms with E-state index in [2.05, 4.69) is 40.6 Å². The topological polar surface area (TPSA) is 51.0 Å². The van der Waals surface area contributed by atoms with E-state index in [1.165, 1.54) is 5.56 Å². The standard InChI is InChI=1S/C22H21N3O/c1-16-5-10-20(26-16)15-24-22-12-8-18-14-17(7-11-21(18)25-22)6-9-19-4-2-3-13-23-19/h2-5,7-8,10-14H,6,9,15H2,1H3,(H,24,25). The van der Waals surface area contributed by atoms with Crippen LogP contribution in [0.15, 0.2) is 71.3 Å². The van der Waals surface area contributed by atoms with Crippen LogP contribution in [-0.2, 0) is 19.4 Å². The van der Waals surface area contributed by atoms with Gasteiger partial charge in [0.25, 0.3) is 0 Å². The Bertz CT molecular complexity index is 1010. The maximum Gasteiger partial charge on any atom is 0.127 e. The molecule has 130 valence electrons. The van der Waals surface area contributed by atoms with Crippen molar-refractivity contribution in [3.63, 3.8) is 0 Å². The van der Waals surface area contributed by atoms with Crippen molar-refractivity contribution < 1.29 is 4.42 Å². The smallest absolute Gasteiger partial charge is 0.127 e. The Kier molecular flexibility index (Phi) is 4.65. The molecule has 0 amide bonds. The molecule has 4 nitrogen and oxygen atoms in total. The third kappa shape index (κ3) is 3.91. The van der Waals surface area contributed by atoms with Crippen LogP contribution in [0.25, 0.3) is 10.9 Å². The van der Waals surface area contributed by atoms with Gasteiger partial charge in [0.05, 0.1) is 12.1 Å². The number of furan rings is 1. The van der Waals surface area contributed by atoms with Crippen LogP contribution in [0.5, 0.6) is 0 Å². The van der Waals surface area contributed by atoms with Crippen molar-refractivity contribution in [1.82, 2.24) is 9.97 Å². The molecule has 3 aromatic heterocycles. The lowest BCUT2D eigenvalue weighted by atomic mass is 10.1. The second-order valence-electron chi connectivity index (χ2n) is 6.41. The fourth-order valence-electron chi connectivity index (χ4n) is 3.01. The normalized spacial score (nSPS) is 11.0. The van der Waals surface area contributed by atoms with Crippen LogP contribution in [0.4, 0.5) is 5.82 Å². The molecule has 0 fully saturated rings. The number of rotatable bonds is 6. The van der Waals surface area contributed by atoms with E-state index < -0.39 is 0 Å². The fraction of sp³-hybridized carbons (Fsp3) is 0.182. The minimum absolute atomic E-state index is 0.633. The number of pyridine rings is 2. The second-order valence-corrected chi connectivity index (χ2v) is 6.41. The van der Waals surface area contributed by atoms with Gasteiger partial charge in [-0.25, -0.2) is 4.98 Å². The molecule has 0 saturated carbocycles. The molecule has 0 aliphatic heterocycles. The average Bonchev–Trinajstić information content (AvgIpc) is 3.10. The highest BCUT2D eigenvalue weighted by Gasteiger charge is 2.03. The number of nitrogens with zero attached hydrogens (tertiary/aromatic N) is 2. The molecule has 0 saturated heterocycles. The lowest BCUT2D eigenvalue weighted by Crippen LogP contribution is -2.00. The van der Waals surface area contributed by atoms with Crippen LogP contribution in [0.3, 0.4) is 0 Å². The lowest BCUT2D eigenvalue weighted by Gasteiger charge is -2.07. The summed E-state index contributed by atoms with van der Waals surface area (Å²) in [4.78, 5) is 9.08. The summed E-state index contributed by atoms with van der Waals surface area (Å²) < 4.78 is 5.58. The Hall–Kier alpha value is -3.14. The summed E-state index contributed by atoms with van der Waals surface area (Å²) in [6.07, 6.45) is 3.77. The van der Waals surface area contributed by atoms with Gasteiger partial charge in [0.1, 0.15) is 17.3 Å². The number of hydrogen-bond acceptors (Lipinski definition) is 4. The van der Waals surface area contributed by atoms with Crippen LogP contribution in [0.2, 0.25) is 0 Å². The number of anilines is 1. The van der Waals surface area contributed by atoms with E-state index in [0.717, 1.165) is 46.8 Å². The van der Waals surface area contributed by atoms with Crippen LogP contribution >= 0.6 is 0 Å². The molecule has 4 rings (SSSR count). The molecule has 0 atom stereocenters. The first-order chi connectivity index (χ1) is 12.8. The number of nitrogens with one attached hydrogen (secondary N) is 1. The third-order valence-electron chi connectivity index (χ3n) is 4.39. The van der Waals surface area contributed by atoms with Gasteiger partial charge in [-0.2, -0.15) is 0 Å². The Labute approximate surface area is 152 Å². The first kappa shape index (κ1) is 16.3. The summed E-state index contributed by atoms with van der Waals surface area (Å²) in [6.45, 7) is 2.58. The Morgan fingerprint density at radius 1 is 0.962 bits per heavy atom. The Morgan fingerprint density at radius 3 is 2.73 bits per heavy atom. The Balaban J connectivity index is 1.43. The quantitative estimate of drug-likeness (QED) is 0.539. The summed E-state index contributed by atoms with van der Waals surface area (Å²) in [6, 6.07) is 20.6. The van der Waals surface area contributed by atoms with Crippen molar-refractivity contribution in [2.75, 3.05) is 5.32 Å². The van der Waals surface area contributed by atoms with Gasteiger partial charge in [-0.1, -0.05) is 12.1 Å². The van der Waals surface area contributed by atoms with E-state index in [-0.39, 0.29) is 0 Å². The zero-order valence-electron chi connectivity index (χ0n) is 14.8. The highest BCUT2D eigenvalue weighted by atomic mass is 16.3. The molecule has 4 aromatic rings. The largest absolute Gasteiger partial charge is 0.465 e. The number of fused-ring (bicyclic) bond motifs is 1. The predicted molar refractivity (Wildman–Crippen MR) is 104 cm³/mol. The molecule has 0 bridgehead atoms. The zero-order chi connectivity index (χ0) is 17.8. The SMILES string of the molecule is Cc1ccc(CNc2ccc3cc(CCc4ccccn4)ccc3n2)o1. The van der Waals surface area contributed by atoms with Gasteiger partial charge in [-0.05, 0) is 73.9 Å². The number of aromatic nitrogens is 2. The summed E-state index contributed by atoms with van der Waals surface area (Å²) in [5, 5.41) is 4.47. The molecule has 0 aliphatic carbocycles. The first-order valence-electron chi connectivity index (χ1n) is 8.85.